The minimum absolute atomic E-state index is 0. The summed E-state index contributed by atoms with van der Waals surface area (Å²) in [6.45, 7) is 21.6. The number of sulfonamides is 2. The van der Waals surface area contributed by atoms with Gasteiger partial charge in [-0.15, -0.1) is 0 Å². The normalized spacial score (nSPS) is 14.2. The first-order chi connectivity index (χ1) is 38.6. The monoisotopic (exact) mass is 1210 g/mol. The number of carbonyl (C=O) groups is 4. The molecule has 0 unspecified atom stereocenters. The van der Waals surface area contributed by atoms with Gasteiger partial charge in [-0.25, -0.2) is 35.0 Å². The zero-order chi connectivity index (χ0) is 62.4. The van der Waals surface area contributed by atoms with Gasteiger partial charge in [0.15, 0.2) is 0 Å². The summed E-state index contributed by atoms with van der Waals surface area (Å²) in [5.74, 6) is -0.112. The number of ether oxygens (including phenoxy) is 4. The van der Waals surface area contributed by atoms with Crippen LogP contribution < -0.4 is 30.3 Å². The second-order valence-corrected chi connectivity index (χ2v) is 27.0. The van der Waals surface area contributed by atoms with E-state index in [1.807, 2.05) is 97.1 Å². The molecule has 6 rings (SSSR count). The lowest BCUT2D eigenvalue weighted by Gasteiger charge is -2.38. The minimum atomic E-state index is -3.77. The van der Waals surface area contributed by atoms with Crippen LogP contribution in [-0.2, 0) is 39.1 Å². The Morgan fingerprint density at radius 2 is 0.905 bits per heavy atom. The van der Waals surface area contributed by atoms with Gasteiger partial charge < -0.3 is 54.7 Å². The summed E-state index contributed by atoms with van der Waals surface area (Å²) in [5, 5.41) is 11.5. The van der Waals surface area contributed by atoms with E-state index in [4.69, 9.17) is 29.8 Å². The van der Waals surface area contributed by atoms with Crippen LogP contribution in [-0.4, -0.2) is 169 Å². The quantitative estimate of drug-likeness (QED) is 0.0832. The van der Waals surface area contributed by atoms with Gasteiger partial charge in [-0.05, 0) is 190 Å². The Morgan fingerprint density at radius 1 is 0.583 bits per heavy atom. The van der Waals surface area contributed by atoms with Crippen molar-refractivity contribution in [3.63, 3.8) is 0 Å². The molecule has 0 radical (unpaired) electrons. The number of nitrogens with two attached hydrogens (primary N) is 1. The van der Waals surface area contributed by atoms with E-state index in [0.29, 0.717) is 39.4 Å². The molecule has 0 aromatic heterocycles. The van der Waals surface area contributed by atoms with E-state index in [1.165, 1.54) is 31.2 Å². The molecule has 468 valence electrons. The fourth-order valence-corrected chi connectivity index (χ4v) is 12.7. The van der Waals surface area contributed by atoms with Crippen molar-refractivity contribution in [2.75, 3.05) is 103 Å². The van der Waals surface area contributed by atoms with Crippen molar-refractivity contribution in [1.82, 2.24) is 18.4 Å². The van der Waals surface area contributed by atoms with Crippen LogP contribution in [0.15, 0.2) is 82.6 Å². The third kappa shape index (κ3) is 20.8. The molecule has 3 amide bonds. The van der Waals surface area contributed by atoms with Crippen molar-refractivity contribution >= 4 is 66.9 Å². The first-order valence-electron chi connectivity index (χ1n) is 27.7. The third-order valence-electron chi connectivity index (χ3n) is 14.1. The van der Waals surface area contributed by atoms with Gasteiger partial charge in [0.1, 0.15) is 22.7 Å². The summed E-state index contributed by atoms with van der Waals surface area (Å²) in [4.78, 5) is 56.2. The predicted octanol–water partition coefficient (Wildman–Crippen LogP) is 9.94. The first-order valence-corrected chi connectivity index (χ1v) is 30.6. The number of anilines is 4. The third-order valence-corrected chi connectivity index (χ3v) is 18.5. The number of piperidine rings is 2. The van der Waals surface area contributed by atoms with Gasteiger partial charge in [-0.2, -0.15) is 0 Å². The fourth-order valence-electron chi connectivity index (χ4n) is 9.59. The zero-order valence-electron chi connectivity index (χ0n) is 51.5. The van der Waals surface area contributed by atoms with Gasteiger partial charge in [0.05, 0.1) is 30.4 Å². The SMILES string of the molecule is C.CN(C(=O)OC(C)(C)C)C1CCN(c2ccc(N)cc2)CC1.COc1cc(C)c(S(=O)(=O)N(C)CCC(=O)Nc2ccc(N3CCC(N(C)C(=O)OC(C)(C)C)CC3)cc2)c(C)c1.COc1cc(C)c(S(=O)(=O)N(C)CCC(=O)O)c(C)c1. The molecule has 4 aromatic rings. The van der Waals surface area contributed by atoms with E-state index < -0.39 is 37.2 Å². The summed E-state index contributed by atoms with van der Waals surface area (Å²) in [6.07, 6.45) is 2.80. The molecule has 2 aliphatic heterocycles. The molecule has 23 heteroatoms. The Morgan fingerprint density at radius 3 is 1.21 bits per heavy atom. The Bertz CT molecular complexity index is 3010. The van der Waals surface area contributed by atoms with Gasteiger partial charge in [-0.1, -0.05) is 7.43 Å². The number of nitrogen functional groups attached to an aromatic ring is 1. The highest BCUT2D eigenvalue weighted by molar-refractivity contribution is 7.89. The van der Waals surface area contributed by atoms with Crippen LogP contribution in [0.4, 0.5) is 32.3 Å². The minimum Gasteiger partial charge on any atom is -0.497 e. The molecule has 0 saturated carbocycles. The van der Waals surface area contributed by atoms with Gasteiger partial charge in [-0.3, -0.25) is 9.59 Å². The highest BCUT2D eigenvalue weighted by Gasteiger charge is 2.32. The maximum atomic E-state index is 13.2. The molecule has 4 N–H and O–H groups in total. The van der Waals surface area contributed by atoms with Crippen LogP contribution in [0.1, 0.15) is 110 Å². The number of hydrogen-bond donors (Lipinski definition) is 3. The number of aliphatic carboxylic acids is 1. The number of aryl methyl sites for hydroxylation is 4. The maximum absolute atomic E-state index is 13.2. The first kappa shape index (κ1) is 71.4. The van der Waals surface area contributed by atoms with Crippen molar-refractivity contribution in [3.8, 4) is 11.5 Å². The number of nitrogens with one attached hydrogen (secondary N) is 1. The van der Waals surface area contributed by atoms with Crippen molar-refractivity contribution < 1.29 is 60.1 Å². The number of carboxylic acids is 1. The second kappa shape index (κ2) is 30.8. The number of benzene rings is 4. The highest BCUT2D eigenvalue weighted by Crippen LogP contribution is 2.31. The van der Waals surface area contributed by atoms with Crippen molar-refractivity contribution in [2.24, 2.45) is 0 Å². The smallest absolute Gasteiger partial charge is 0.410 e. The summed E-state index contributed by atoms with van der Waals surface area (Å²) in [7, 11) is 2.06. The zero-order valence-corrected chi connectivity index (χ0v) is 53.1. The largest absolute Gasteiger partial charge is 0.497 e. The molecule has 0 aliphatic carbocycles. The standard InChI is InChI=1S/C30H44N4O6S.C17H27N3O2.C13H19NO5S.CH4/c1-21-19-26(39-8)20-22(2)28(21)41(37,38)32(6)16-15-27(35)31-23-9-11-25(12-10-23)34-17-13-24(14-18-34)33(7)29(36)40-30(3,4)5;1-17(2,3)22-16(21)19(4)14-9-11-20(12-10-14)15-7-5-13(18)6-8-15;1-9-7-11(19-4)8-10(2)13(9)20(17,18)14(3)6-5-12(15)16;/h9-12,19-20,24H,13-18H2,1-8H3,(H,31,35);5-8,14H,9-12,18H2,1-4H3;7-8H,5-6H2,1-4H3,(H,15,16);1H4. The van der Waals surface area contributed by atoms with Crippen molar-refractivity contribution in [2.45, 2.75) is 148 Å². The number of carboxylic acid groups (broad SMARTS) is 1. The molecule has 2 heterocycles. The summed E-state index contributed by atoms with van der Waals surface area (Å²) >= 11 is 0. The highest BCUT2D eigenvalue weighted by atomic mass is 32.2. The number of hydrogen-bond acceptors (Lipinski definition) is 15. The molecule has 2 aliphatic rings. The average Bonchev–Trinajstić information content (AvgIpc) is 3.62. The Balaban J connectivity index is 0.000000362. The predicted molar refractivity (Wildman–Crippen MR) is 333 cm³/mol. The van der Waals surface area contributed by atoms with E-state index in [0.717, 1.165) is 67.5 Å². The van der Waals surface area contributed by atoms with Crippen LogP contribution >= 0.6 is 0 Å². The molecule has 0 spiro atoms. The van der Waals surface area contributed by atoms with Gasteiger partial charge >= 0.3 is 18.2 Å². The Labute approximate surface area is 500 Å². The van der Waals surface area contributed by atoms with Crippen molar-refractivity contribution in [1.29, 1.82) is 0 Å². The number of amides is 3. The molecule has 21 nitrogen and oxygen atoms in total. The molecule has 0 atom stereocenters. The number of nitrogens with zero attached hydrogens (tertiary/aromatic N) is 6. The maximum Gasteiger partial charge on any atom is 0.410 e. The molecule has 0 bridgehead atoms. The van der Waals surface area contributed by atoms with E-state index in [1.54, 1.807) is 75.9 Å². The molecular formula is C61H94N8O13S2. The van der Waals surface area contributed by atoms with Crippen molar-refractivity contribution in [3.05, 3.63) is 95.1 Å². The fraction of sp³-hybridized carbons (Fsp3) is 0.541. The van der Waals surface area contributed by atoms with E-state index >= 15 is 0 Å². The topological polar surface area (TPSA) is 251 Å². The van der Waals surface area contributed by atoms with Crippen LogP contribution in [0.3, 0.4) is 0 Å². The van der Waals surface area contributed by atoms with Crippen LogP contribution in [0.5, 0.6) is 11.5 Å². The van der Waals surface area contributed by atoms with Gasteiger partial charge in [0.2, 0.25) is 26.0 Å². The average molecular weight is 1210 g/mol. The summed E-state index contributed by atoms with van der Waals surface area (Å²) in [6, 6.07) is 22.6. The number of rotatable bonds is 17. The number of methoxy groups -OCH3 is 2. The molecule has 2 saturated heterocycles. The molecule has 2 fully saturated rings. The lowest BCUT2D eigenvalue weighted by Crippen LogP contribution is -2.47. The molecular weight excluding hydrogens is 1120 g/mol. The van der Waals surface area contributed by atoms with Gasteiger partial charge in [0, 0.05) is 109 Å². The van der Waals surface area contributed by atoms with E-state index in [9.17, 15) is 36.0 Å². The van der Waals surface area contributed by atoms with Crippen LogP contribution in [0.25, 0.3) is 0 Å². The molecule has 4 aromatic carbocycles. The lowest BCUT2D eigenvalue weighted by molar-refractivity contribution is -0.137. The lowest BCUT2D eigenvalue weighted by atomic mass is 10.0. The Hall–Kier alpha value is -6.82. The second-order valence-electron chi connectivity index (χ2n) is 23.0. The molecule has 84 heavy (non-hydrogen) atoms. The van der Waals surface area contributed by atoms with Crippen LogP contribution in [0, 0.1) is 27.7 Å². The summed E-state index contributed by atoms with van der Waals surface area (Å²) < 4.78 is 74.9. The van der Waals surface area contributed by atoms with Crippen LogP contribution in [0.2, 0.25) is 0 Å². The van der Waals surface area contributed by atoms with Gasteiger partial charge in [0.25, 0.3) is 0 Å². The summed E-state index contributed by atoms with van der Waals surface area (Å²) in [5.41, 5.74) is 10.7. The Kier molecular flexibility index (Phi) is 26.2. The number of carbonyl (C=O) groups excluding carboxylic acids is 3. The van der Waals surface area contributed by atoms with E-state index in [-0.39, 0.29) is 73.3 Å². The van der Waals surface area contributed by atoms with E-state index in [2.05, 4.69) is 15.1 Å².